The van der Waals surface area contributed by atoms with Gasteiger partial charge >= 0.3 is 5.97 Å². The summed E-state index contributed by atoms with van der Waals surface area (Å²) >= 11 is 0. The third-order valence-corrected chi connectivity index (χ3v) is 4.68. The van der Waals surface area contributed by atoms with Gasteiger partial charge in [0.25, 0.3) is 5.91 Å². The fourth-order valence-electron chi connectivity index (χ4n) is 3.20. The molecule has 1 aromatic carbocycles. The van der Waals surface area contributed by atoms with Crippen LogP contribution in [0.25, 0.3) is 0 Å². The average Bonchev–Trinajstić information content (AvgIpc) is 2.63. The molecule has 1 saturated carbocycles. The fourth-order valence-corrected chi connectivity index (χ4v) is 3.20. The molecule has 1 N–H and O–H groups in total. The Morgan fingerprint density at radius 2 is 1.88 bits per heavy atom. The molecule has 0 atom stereocenters. The van der Waals surface area contributed by atoms with Gasteiger partial charge in [0, 0.05) is 20.3 Å². The second-order valence-corrected chi connectivity index (χ2v) is 6.69. The summed E-state index contributed by atoms with van der Waals surface area (Å²) in [4.78, 5) is 30.6. The number of rotatable bonds is 6. The van der Waals surface area contributed by atoms with Gasteiger partial charge < -0.3 is 15.0 Å². The van der Waals surface area contributed by atoms with Gasteiger partial charge in [-0.2, -0.15) is 0 Å². The zero-order valence-electron chi connectivity index (χ0n) is 15.1. The lowest BCUT2D eigenvalue weighted by atomic mass is 9.72. The van der Waals surface area contributed by atoms with E-state index in [9.17, 15) is 9.59 Å². The molecule has 0 radical (unpaired) electrons. The molecule has 0 aliphatic heterocycles. The van der Waals surface area contributed by atoms with Crippen LogP contribution in [0.15, 0.2) is 48.7 Å². The summed E-state index contributed by atoms with van der Waals surface area (Å²) in [5.74, 6) is -0.339. The van der Waals surface area contributed by atoms with Crippen LogP contribution in [-0.2, 0) is 15.1 Å². The molecule has 1 amide bonds. The molecule has 0 unspecified atom stereocenters. The van der Waals surface area contributed by atoms with Gasteiger partial charge in [-0.1, -0.05) is 30.3 Å². The molecule has 136 valence electrons. The van der Waals surface area contributed by atoms with E-state index in [0.29, 0.717) is 11.4 Å². The summed E-state index contributed by atoms with van der Waals surface area (Å²) in [7, 11) is 3.60. The normalized spacial score (nSPS) is 14.8. The highest BCUT2D eigenvalue weighted by molar-refractivity contribution is 5.96. The SMILES string of the molecule is CN(C)c1ncccc1C(=O)OCC(=O)NC1(c2ccccc2)CCC1. The number of aromatic nitrogens is 1. The minimum atomic E-state index is -0.556. The van der Waals surface area contributed by atoms with Crippen molar-refractivity contribution in [2.75, 3.05) is 25.6 Å². The van der Waals surface area contributed by atoms with E-state index in [-0.39, 0.29) is 18.1 Å². The third-order valence-electron chi connectivity index (χ3n) is 4.68. The van der Waals surface area contributed by atoms with E-state index < -0.39 is 5.97 Å². The van der Waals surface area contributed by atoms with Gasteiger partial charge in [0.05, 0.1) is 5.54 Å². The quantitative estimate of drug-likeness (QED) is 0.808. The minimum Gasteiger partial charge on any atom is -0.452 e. The van der Waals surface area contributed by atoms with Crippen LogP contribution in [0.4, 0.5) is 5.82 Å². The van der Waals surface area contributed by atoms with Crippen molar-refractivity contribution >= 4 is 17.7 Å². The van der Waals surface area contributed by atoms with Crippen LogP contribution in [0.3, 0.4) is 0 Å². The molecule has 2 aromatic rings. The largest absolute Gasteiger partial charge is 0.452 e. The molecule has 1 aromatic heterocycles. The molecule has 6 nitrogen and oxygen atoms in total. The van der Waals surface area contributed by atoms with E-state index in [1.165, 1.54) is 0 Å². The maximum absolute atomic E-state index is 12.4. The third kappa shape index (κ3) is 3.69. The van der Waals surface area contributed by atoms with Crippen molar-refractivity contribution in [1.29, 1.82) is 0 Å². The van der Waals surface area contributed by atoms with Crippen molar-refractivity contribution in [2.24, 2.45) is 0 Å². The standard InChI is InChI=1S/C20H23N3O3/c1-23(2)18-16(10-6-13-21-18)19(25)26-14-17(24)22-20(11-7-12-20)15-8-4-3-5-9-15/h3-6,8-10,13H,7,11-12,14H2,1-2H3,(H,22,24). The van der Waals surface area contributed by atoms with Crippen LogP contribution in [0.5, 0.6) is 0 Å². The van der Waals surface area contributed by atoms with Crippen LogP contribution in [0.2, 0.25) is 0 Å². The first kappa shape index (κ1) is 17.9. The van der Waals surface area contributed by atoms with Crippen LogP contribution >= 0.6 is 0 Å². The molecule has 1 aliphatic carbocycles. The summed E-state index contributed by atoms with van der Waals surface area (Å²) in [6, 6.07) is 13.2. The molecule has 0 spiro atoms. The van der Waals surface area contributed by atoms with E-state index in [1.807, 2.05) is 30.3 Å². The summed E-state index contributed by atoms with van der Waals surface area (Å²) < 4.78 is 5.21. The number of carbonyl (C=O) groups excluding carboxylic acids is 2. The van der Waals surface area contributed by atoms with Crippen LogP contribution < -0.4 is 10.2 Å². The van der Waals surface area contributed by atoms with Gasteiger partial charge in [-0.05, 0) is 37.0 Å². The second kappa shape index (κ2) is 7.56. The zero-order chi connectivity index (χ0) is 18.6. The Balaban J connectivity index is 1.62. The summed E-state index contributed by atoms with van der Waals surface area (Å²) in [6.07, 6.45) is 4.46. The van der Waals surface area contributed by atoms with Crippen LogP contribution in [0.1, 0.15) is 35.2 Å². The summed E-state index contributed by atoms with van der Waals surface area (Å²) in [5.41, 5.74) is 1.09. The van der Waals surface area contributed by atoms with Gasteiger partial charge in [0.15, 0.2) is 6.61 Å². The highest BCUT2D eigenvalue weighted by Gasteiger charge is 2.39. The van der Waals surface area contributed by atoms with Gasteiger partial charge in [-0.25, -0.2) is 9.78 Å². The number of benzene rings is 1. The predicted molar refractivity (Wildman–Crippen MR) is 99.0 cm³/mol. The summed E-state index contributed by atoms with van der Waals surface area (Å²) in [5, 5.41) is 3.05. The molecular formula is C20H23N3O3. The Morgan fingerprint density at radius 1 is 1.15 bits per heavy atom. The number of carbonyl (C=O) groups is 2. The van der Waals surface area contributed by atoms with Gasteiger partial charge in [-0.3, -0.25) is 4.79 Å². The van der Waals surface area contributed by atoms with Crippen LogP contribution in [0, 0.1) is 0 Å². The smallest absolute Gasteiger partial charge is 0.342 e. The molecule has 26 heavy (non-hydrogen) atoms. The highest BCUT2D eigenvalue weighted by atomic mass is 16.5. The Hall–Kier alpha value is -2.89. The minimum absolute atomic E-state index is 0.294. The first-order valence-corrected chi connectivity index (χ1v) is 8.68. The van der Waals surface area contributed by atoms with Crippen molar-refractivity contribution in [2.45, 2.75) is 24.8 Å². The molecule has 1 aliphatic rings. The number of esters is 1. The van der Waals surface area contributed by atoms with Crippen molar-refractivity contribution in [3.05, 3.63) is 59.8 Å². The molecule has 1 heterocycles. The number of hydrogen-bond acceptors (Lipinski definition) is 5. The van der Waals surface area contributed by atoms with Crippen molar-refractivity contribution in [1.82, 2.24) is 10.3 Å². The number of amides is 1. The van der Waals surface area contributed by atoms with Gasteiger partial charge in [-0.15, -0.1) is 0 Å². The molecule has 6 heteroatoms. The summed E-state index contributed by atoms with van der Waals surface area (Å²) in [6.45, 7) is -0.310. The lowest BCUT2D eigenvalue weighted by Gasteiger charge is -2.43. The van der Waals surface area contributed by atoms with Crippen molar-refractivity contribution in [3.8, 4) is 0 Å². The van der Waals surface area contributed by atoms with Gasteiger partial charge in [0.1, 0.15) is 11.4 Å². The Labute approximate surface area is 153 Å². The first-order chi connectivity index (χ1) is 12.5. The van der Waals surface area contributed by atoms with Crippen molar-refractivity contribution in [3.63, 3.8) is 0 Å². The number of ether oxygens (including phenoxy) is 1. The maximum atomic E-state index is 12.4. The molecule has 3 rings (SSSR count). The Morgan fingerprint density at radius 3 is 2.50 bits per heavy atom. The molecule has 1 fully saturated rings. The molecule has 0 saturated heterocycles. The van der Waals surface area contributed by atoms with Crippen LogP contribution in [-0.4, -0.2) is 37.6 Å². The average molecular weight is 353 g/mol. The van der Waals surface area contributed by atoms with E-state index in [0.717, 1.165) is 24.8 Å². The van der Waals surface area contributed by atoms with Crippen molar-refractivity contribution < 1.29 is 14.3 Å². The first-order valence-electron chi connectivity index (χ1n) is 8.68. The Bertz CT molecular complexity index is 786. The highest BCUT2D eigenvalue weighted by Crippen LogP contribution is 2.41. The fraction of sp³-hybridized carbons (Fsp3) is 0.350. The van der Waals surface area contributed by atoms with E-state index in [4.69, 9.17) is 4.74 Å². The van der Waals surface area contributed by atoms with E-state index in [1.54, 1.807) is 37.3 Å². The van der Waals surface area contributed by atoms with E-state index in [2.05, 4.69) is 10.3 Å². The lowest BCUT2D eigenvalue weighted by molar-refractivity contribution is -0.127. The number of anilines is 1. The van der Waals surface area contributed by atoms with E-state index >= 15 is 0 Å². The lowest BCUT2D eigenvalue weighted by Crippen LogP contribution is -2.51. The molecular weight excluding hydrogens is 330 g/mol. The number of nitrogens with one attached hydrogen (secondary N) is 1. The molecule has 0 bridgehead atoms. The second-order valence-electron chi connectivity index (χ2n) is 6.69. The maximum Gasteiger partial charge on any atom is 0.342 e. The topological polar surface area (TPSA) is 71.5 Å². The number of pyridine rings is 1. The monoisotopic (exact) mass is 353 g/mol. The Kier molecular flexibility index (Phi) is 5.21. The number of hydrogen-bond donors (Lipinski definition) is 1. The predicted octanol–water partition coefficient (Wildman–Crippen LogP) is 2.50. The zero-order valence-corrected chi connectivity index (χ0v) is 15.1. The number of nitrogens with zero attached hydrogens (tertiary/aromatic N) is 2. The van der Waals surface area contributed by atoms with Gasteiger partial charge in [0.2, 0.25) is 0 Å².